The second-order valence-electron chi connectivity index (χ2n) is 4.58. The topological polar surface area (TPSA) is 38.9 Å². The summed E-state index contributed by atoms with van der Waals surface area (Å²) in [6.07, 6.45) is 1.64. The first kappa shape index (κ1) is 13.8. The second kappa shape index (κ2) is 5.69. The minimum absolute atomic E-state index is 0.133. The van der Waals surface area contributed by atoms with Crippen LogP contribution in [0.2, 0.25) is 0 Å². The Kier molecular flexibility index (Phi) is 3.75. The summed E-state index contributed by atoms with van der Waals surface area (Å²) in [5, 5.41) is 0.499. The molecule has 1 aromatic heterocycles. The molecule has 0 atom stereocenters. The Labute approximate surface area is 125 Å². The lowest BCUT2D eigenvalue weighted by Gasteiger charge is -2.07. The molecule has 0 aliphatic heterocycles. The Balaban J connectivity index is 1.88. The molecule has 0 aliphatic rings. The molecule has 3 aromatic rings. The van der Waals surface area contributed by atoms with Gasteiger partial charge < -0.3 is 5.73 Å². The fraction of sp³-hybridized carbons (Fsp3) is 0.0625. The van der Waals surface area contributed by atoms with E-state index in [-0.39, 0.29) is 11.5 Å². The van der Waals surface area contributed by atoms with Gasteiger partial charge in [-0.2, -0.15) is 0 Å². The van der Waals surface area contributed by atoms with Crippen molar-refractivity contribution < 1.29 is 8.78 Å². The fourth-order valence-corrected chi connectivity index (χ4v) is 2.98. The highest BCUT2D eigenvalue weighted by atomic mass is 32.2. The third-order valence-corrected chi connectivity index (χ3v) is 4.21. The molecule has 0 radical (unpaired) electrons. The monoisotopic (exact) mass is 302 g/mol. The lowest BCUT2D eigenvalue weighted by atomic mass is 10.1. The summed E-state index contributed by atoms with van der Waals surface area (Å²) < 4.78 is 27.1. The number of pyridine rings is 1. The average molecular weight is 302 g/mol. The molecule has 0 fully saturated rings. The second-order valence-corrected chi connectivity index (χ2v) is 5.63. The van der Waals surface area contributed by atoms with E-state index in [0.29, 0.717) is 16.7 Å². The molecule has 2 aromatic carbocycles. The average Bonchev–Trinajstić information content (AvgIpc) is 2.50. The largest absolute Gasteiger partial charge is 0.396 e. The fourth-order valence-electron chi connectivity index (χ4n) is 2.07. The number of halogens is 2. The molecule has 1 heterocycles. The predicted octanol–water partition coefficient (Wildman–Crippen LogP) is 4.39. The number of nitrogen functional groups attached to an aromatic ring is 1. The van der Waals surface area contributed by atoms with E-state index in [1.54, 1.807) is 36.5 Å². The smallest absolute Gasteiger partial charge is 0.147 e. The summed E-state index contributed by atoms with van der Waals surface area (Å²) >= 11 is 1.46. The summed E-state index contributed by atoms with van der Waals surface area (Å²) in [4.78, 5) is 5.01. The zero-order valence-corrected chi connectivity index (χ0v) is 11.8. The van der Waals surface area contributed by atoms with Crippen LogP contribution in [0.15, 0.2) is 53.6 Å². The van der Waals surface area contributed by atoms with Crippen LogP contribution in [0.25, 0.3) is 10.9 Å². The van der Waals surface area contributed by atoms with Crippen LogP contribution in [0.1, 0.15) is 5.56 Å². The van der Waals surface area contributed by atoms with Gasteiger partial charge in [-0.3, -0.25) is 4.98 Å². The van der Waals surface area contributed by atoms with Crippen molar-refractivity contribution >= 4 is 28.4 Å². The van der Waals surface area contributed by atoms with Gasteiger partial charge in [0.2, 0.25) is 0 Å². The Hall–Kier alpha value is -2.14. The van der Waals surface area contributed by atoms with Crippen molar-refractivity contribution in [2.75, 3.05) is 5.73 Å². The van der Waals surface area contributed by atoms with Gasteiger partial charge in [0.1, 0.15) is 11.6 Å². The predicted molar refractivity (Wildman–Crippen MR) is 82.1 cm³/mol. The molecule has 2 nitrogen and oxygen atoms in total. The van der Waals surface area contributed by atoms with E-state index >= 15 is 0 Å². The number of nitrogens with zero attached hydrogens (tertiary/aromatic N) is 1. The Morgan fingerprint density at radius 1 is 1.05 bits per heavy atom. The van der Waals surface area contributed by atoms with Crippen LogP contribution in [0.3, 0.4) is 0 Å². The number of hydrogen-bond donors (Lipinski definition) is 1. The maximum absolute atomic E-state index is 13.7. The van der Waals surface area contributed by atoms with E-state index in [9.17, 15) is 8.78 Å². The van der Waals surface area contributed by atoms with Crippen molar-refractivity contribution in [3.8, 4) is 0 Å². The molecular weight excluding hydrogens is 290 g/mol. The molecule has 2 N–H and O–H groups in total. The van der Waals surface area contributed by atoms with Gasteiger partial charge in [0.15, 0.2) is 0 Å². The number of rotatable bonds is 3. The van der Waals surface area contributed by atoms with Gasteiger partial charge in [-0.05, 0) is 42.0 Å². The van der Waals surface area contributed by atoms with Crippen LogP contribution in [-0.2, 0) is 5.75 Å². The third kappa shape index (κ3) is 2.83. The number of anilines is 1. The van der Waals surface area contributed by atoms with Crippen molar-refractivity contribution in [3.05, 3.63) is 65.9 Å². The summed E-state index contributed by atoms with van der Waals surface area (Å²) in [5.41, 5.74) is 7.13. The normalized spacial score (nSPS) is 11.0. The van der Waals surface area contributed by atoms with Crippen LogP contribution < -0.4 is 5.73 Å². The van der Waals surface area contributed by atoms with Crippen molar-refractivity contribution in [3.63, 3.8) is 0 Å². The molecular formula is C16H12F2N2S. The van der Waals surface area contributed by atoms with Crippen molar-refractivity contribution in [1.29, 1.82) is 0 Å². The molecule has 0 saturated heterocycles. The van der Waals surface area contributed by atoms with Crippen LogP contribution in [-0.4, -0.2) is 4.98 Å². The Bertz CT molecular complexity index is 805. The van der Waals surface area contributed by atoms with Gasteiger partial charge in [-0.15, -0.1) is 11.8 Å². The van der Waals surface area contributed by atoms with Gasteiger partial charge in [0, 0.05) is 22.2 Å². The van der Waals surface area contributed by atoms with Crippen molar-refractivity contribution in [2.45, 2.75) is 10.6 Å². The SMILES string of the molecule is Nc1ccc(SCc2ccc(F)c3cccnc23)cc1F. The maximum atomic E-state index is 13.7. The Morgan fingerprint density at radius 2 is 1.90 bits per heavy atom. The number of nitrogens with two attached hydrogens (primary N) is 1. The van der Waals surface area contributed by atoms with Crippen molar-refractivity contribution in [1.82, 2.24) is 4.98 Å². The van der Waals surface area contributed by atoms with Gasteiger partial charge in [-0.25, -0.2) is 8.78 Å². The molecule has 0 unspecified atom stereocenters. The zero-order chi connectivity index (χ0) is 14.8. The van der Waals surface area contributed by atoms with E-state index in [0.717, 1.165) is 10.5 Å². The molecule has 0 spiro atoms. The van der Waals surface area contributed by atoms with E-state index in [1.807, 2.05) is 0 Å². The quantitative estimate of drug-likeness (QED) is 0.576. The number of hydrogen-bond acceptors (Lipinski definition) is 3. The van der Waals surface area contributed by atoms with E-state index in [4.69, 9.17) is 5.73 Å². The maximum Gasteiger partial charge on any atom is 0.147 e. The van der Waals surface area contributed by atoms with Crippen LogP contribution in [0, 0.1) is 11.6 Å². The van der Waals surface area contributed by atoms with Gasteiger partial charge in [0.05, 0.1) is 11.2 Å². The van der Waals surface area contributed by atoms with Crippen molar-refractivity contribution in [2.24, 2.45) is 0 Å². The molecule has 5 heteroatoms. The molecule has 0 bridgehead atoms. The first-order valence-corrected chi connectivity index (χ1v) is 7.33. The Morgan fingerprint density at radius 3 is 2.71 bits per heavy atom. The first-order valence-electron chi connectivity index (χ1n) is 6.35. The summed E-state index contributed by atoms with van der Waals surface area (Å²) in [6.45, 7) is 0. The van der Waals surface area contributed by atoms with E-state index in [2.05, 4.69) is 4.98 Å². The lowest BCUT2D eigenvalue weighted by Crippen LogP contribution is -1.92. The number of thioether (sulfide) groups is 1. The third-order valence-electron chi connectivity index (χ3n) is 3.17. The van der Waals surface area contributed by atoms with E-state index < -0.39 is 5.82 Å². The minimum Gasteiger partial charge on any atom is -0.396 e. The molecule has 21 heavy (non-hydrogen) atoms. The molecule has 0 aliphatic carbocycles. The van der Waals surface area contributed by atoms with E-state index in [1.165, 1.54) is 23.9 Å². The van der Waals surface area contributed by atoms with Crippen LogP contribution >= 0.6 is 11.8 Å². The summed E-state index contributed by atoms with van der Waals surface area (Å²) in [5.74, 6) is -0.135. The van der Waals surface area contributed by atoms with Gasteiger partial charge >= 0.3 is 0 Å². The number of benzene rings is 2. The highest BCUT2D eigenvalue weighted by Crippen LogP contribution is 2.28. The summed E-state index contributed by atoms with van der Waals surface area (Å²) in [7, 11) is 0. The van der Waals surface area contributed by atoms with Gasteiger partial charge in [-0.1, -0.05) is 6.07 Å². The lowest BCUT2D eigenvalue weighted by molar-refractivity contribution is 0.629. The summed E-state index contributed by atoms with van der Waals surface area (Å²) in [6, 6.07) is 11.3. The zero-order valence-electron chi connectivity index (χ0n) is 11.0. The molecule has 106 valence electrons. The standard InChI is InChI=1S/C16H12F2N2S/c17-13-5-3-10(16-12(13)2-1-7-20-16)9-21-11-4-6-15(19)14(18)8-11/h1-8H,9,19H2. The van der Waals surface area contributed by atoms with Crippen LogP contribution in [0.5, 0.6) is 0 Å². The number of fused-ring (bicyclic) bond motifs is 1. The number of aromatic nitrogens is 1. The minimum atomic E-state index is -0.429. The molecule has 0 amide bonds. The highest BCUT2D eigenvalue weighted by Gasteiger charge is 2.08. The van der Waals surface area contributed by atoms with Gasteiger partial charge in [0.25, 0.3) is 0 Å². The molecule has 3 rings (SSSR count). The highest BCUT2D eigenvalue weighted by molar-refractivity contribution is 7.98. The van der Waals surface area contributed by atoms with Crippen LogP contribution in [0.4, 0.5) is 14.5 Å². The molecule has 0 saturated carbocycles. The first-order chi connectivity index (χ1) is 10.1.